The fourth-order valence-electron chi connectivity index (χ4n) is 8.28. The van der Waals surface area contributed by atoms with Crippen molar-refractivity contribution in [3.05, 3.63) is 49.6 Å². The average molecular weight is 465 g/mol. The molecule has 0 spiro atoms. The fraction of sp³-hybridized carbons (Fsp3) is 0.692. The lowest BCUT2D eigenvalue weighted by Crippen LogP contribution is -2.68. The predicted octanol–water partition coefficient (Wildman–Crippen LogP) is 2.72. The number of hydrogen-bond donors (Lipinski definition) is 0. The van der Waals surface area contributed by atoms with Crippen molar-refractivity contribution < 1.29 is 0 Å². The van der Waals surface area contributed by atoms with Crippen LogP contribution in [0.2, 0.25) is 0 Å². The van der Waals surface area contributed by atoms with Crippen LogP contribution in [0, 0.1) is 0 Å². The first kappa shape index (κ1) is 20.7. The zero-order chi connectivity index (χ0) is 23.6. The van der Waals surface area contributed by atoms with Gasteiger partial charge in [0.25, 0.3) is 0 Å². The van der Waals surface area contributed by atoms with Gasteiger partial charge in [0, 0.05) is 26.2 Å². The smallest absolute Gasteiger partial charge is 0.158 e. The third-order valence-corrected chi connectivity index (χ3v) is 10.3. The van der Waals surface area contributed by atoms with Crippen LogP contribution >= 0.6 is 0 Å². The molecule has 0 atom stereocenters. The van der Waals surface area contributed by atoms with Crippen LogP contribution in [0.1, 0.15) is 52.4 Å². The molecule has 8 heteroatoms. The van der Waals surface area contributed by atoms with Crippen molar-refractivity contribution in [3.8, 4) is 0 Å². The number of hydrogen-bond acceptors (Lipinski definition) is 8. The third kappa shape index (κ3) is 2.09. The van der Waals surface area contributed by atoms with Crippen molar-refractivity contribution in [1.29, 1.82) is 0 Å². The second-order valence-corrected chi connectivity index (χ2v) is 11.4. The van der Waals surface area contributed by atoms with Gasteiger partial charge < -0.3 is 39.2 Å². The van der Waals surface area contributed by atoms with E-state index in [1.165, 1.54) is 38.5 Å². The molecule has 34 heavy (non-hydrogen) atoms. The first-order valence-corrected chi connectivity index (χ1v) is 13.2. The number of rotatable bonds is 0. The molecule has 0 saturated carbocycles. The first-order chi connectivity index (χ1) is 16.3. The van der Waals surface area contributed by atoms with Crippen LogP contribution < -0.4 is 0 Å². The highest BCUT2D eigenvalue weighted by molar-refractivity contribution is 5.33. The van der Waals surface area contributed by atoms with Crippen LogP contribution in [0.4, 0.5) is 0 Å². The van der Waals surface area contributed by atoms with Gasteiger partial charge in [-0.1, -0.05) is 26.3 Å². The van der Waals surface area contributed by atoms with E-state index in [0.717, 1.165) is 62.8 Å². The summed E-state index contributed by atoms with van der Waals surface area (Å²) in [4.78, 5) is 20.6. The zero-order valence-corrected chi connectivity index (χ0v) is 21.0. The lowest BCUT2D eigenvalue weighted by Gasteiger charge is -2.51. The first-order valence-electron chi connectivity index (χ1n) is 13.2. The summed E-state index contributed by atoms with van der Waals surface area (Å²) in [5, 5.41) is 0. The molecule has 0 unspecified atom stereocenters. The molecule has 8 bridgehead atoms. The maximum Gasteiger partial charge on any atom is 0.158 e. The molecule has 7 heterocycles. The molecule has 7 rings (SSSR count). The monoisotopic (exact) mass is 464 g/mol. The van der Waals surface area contributed by atoms with E-state index in [0.29, 0.717) is 0 Å². The van der Waals surface area contributed by atoms with Crippen LogP contribution in [-0.2, 0) is 0 Å². The molecular weight excluding hydrogens is 424 g/mol. The topological polar surface area (TPSA) is 25.9 Å². The zero-order valence-electron chi connectivity index (χ0n) is 21.0. The standard InChI is InChI=1S/C26H40N8/c1-19-27-13-9-7-11-15-31-21(3)33-17-29(19)24-23(27)28-14-10-8-12-16-32-22(4)34(18-30(24)20(28)2)26(33,6)25(31,32)5/h23-24H,1-4,7-18H2,5-6H3/t23-,24+,25+,26-. The molecule has 8 nitrogen and oxygen atoms in total. The van der Waals surface area contributed by atoms with E-state index in [1.54, 1.807) is 0 Å². The van der Waals surface area contributed by atoms with Gasteiger partial charge in [-0.2, -0.15) is 0 Å². The lowest BCUT2D eigenvalue weighted by atomic mass is 9.94. The van der Waals surface area contributed by atoms with Crippen molar-refractivity contribution in [2.24, 2.45) is 0 Å². The molecule has 0 amide bonds. The largest absolute Gasteiger partial charge is 0.335 e. The molecular formula is C26H40N8. The third-order valence-electron chi connectivity index (χ3n) is 10.3. The Labute approximate surface area is 204 Å². The van der Waals surface area contributed by atoms with Gasteiger partial charge >= 0.3 is 0 Å². The molecule has 0 aromatic rings. The van der Waals surface area contributed by atoms with Gasteiger partial charge in [0.2, 0.25) is 0 Å². The minimum atomic E-state index is -0.287. The van der Waals surface area contributed by atoms with Crippen molar-refractivity contribution in [3.63, 3.8) is 0 Å². The van der Waals surface area contributed by atoms with Crippen molar-refractivity contribution in [2.45, 2.75) is 76.0 Å². The van der Waals surface area contributed by atoms with Gasteiger partial charge in [-0.25, -0.2) is 0 Å². The summed E-state index contributed by atoms with van der Waals surface area (Å²) in [6.45, 7) is 29.4. The normalized spacial score (nSPS) is 39.2. The highest BCUT2D eigenvalue weighted by Gasteiger charge is 2.72. The van der Waals surface area contributed by atoms with Crippen LogP contribution in [-0.4, -0.2) is 102 Å². The highest BCUT2D eigenvalue weighted by atomic mass is 15.8. The van der Waals surface area contributed by atoms with Crippen molar-refractivity contribution in [1.82, 2.24) is 39.2 Å². The van der Waals surface area contributed by atoms with Gasteiger partial charge in [-0.3, -0.25) is 0 Å². The van der Waals surface area contributed by atoms with Crippen LogP contribution in [0.15, 0.2) is 49.6 Å². The average Bonchev–Trinajstić information content (AvgIpc) is 3.31. The van der Waals surface area contributed by atoms with E-state index in [2.05, 4.69) is 66.2 Å². The quantitative estimate of drug-likeness (QED) is 0.540. The molecule has 7 aliphatic heterocycles. The highest BCUT2D eigenvalue weighted by Crippen LogP contribution is 2.58. The Morgan fingerprint density at radius 1 is 0.500 bits per heavy atom. The molecule has 7 fully saturated rings. The molecule has 0 N–H and O–H groups in total. The Balaban J connectivity index is 1.50. The van der Waals surface area contributed by atoms with Gasteiger partial charge in [0.15, 0.2) is 11.3 Å². The summed E-state index contributed by atoms with van der Waals surface area (Å²) >= 11 is 0. The minimum Gasteiger partial charge on any atom is -0.335 e. The lowest BCUT2D eigenvalue weighted by molar-refractivity contribution is -0.0932. The second kappa shape index (κ2) is 6.52. The SMILES string of the molecule is C=C1N2CCCCCN3C(=C)N4CN1[C@H]1[C@@H]2N2CCCCCN5C(=C)N(CN1C2=C)[C@@]4(C)[C@@]53C. The minimum absolute atomic E-state index is 0.209. The van der Waals surface area contributed by atoms with Crippen LogP contribution in [0.5, 0.6) is 0 Å². The summed E-state index contributed by atoms with van der Waals surface area (Å²) in [5.41, 5.74) is -0.512. The molecule has 0 aromatic carbocycles. The van der Waals surface area contributed by atoms with Crippen LogP contribution in [0.3, 0.4) is 0 Å². The van der Waals surface area contributed by atoms with Gasteiger partial charge in [-0.05, 0) is 52.4 Å². The molecule has 0 radical (unpaired) electrons. The Morgan fingerprint density at radius 2 is 0.882 bits per heavy atom. The van der Waals surface area contributed by atoms with Gasteiger partial charge in [0.05, 0.1) is 13.3 Å². The number of nitrogens with zero attached hydrogens (tertiary/aromatic N) is 8. The van der Waals surface area contributed by atoms with E-state index >= 15 is 0 Å². The summed E-state index contributed by atoms with van der Waals surface area (Å²) in [6.07, 6.45) is 7.66. The summed E-state index contributed by atoms with van der Waals surface area (Å²) < 4.78 is 0. The van der Waals surface area contributed by atoms with Crippen LogP contribution in [0.25, 0.3) is 0 Å². The maximum atomic E-state index is 4.72. The predicted molar refractivity (Wildman–Crippen MR) is 133 cm³/mol. The molecule has 0 aromatic heterocycles. The maximum absolute atomic E-state index is 4.72. The summed E-state index contributed by atoms with van der Waals surface area (Å²) in [7, 11) is 0. The van der Waals surface area contributed by atoms with Gasteiger partial charge in [0.1, 0.15) is 35.6 Å². The Bertz CT molecular complexity index is 919. The number of fused-ring (bicyclic) bond motifs is 8. The Hall–Kier alpha value is -2.64. The fourth-order valence-corrected chi connectivity index (χ4v) is 8.28. The van der Waals surface area contributed by atoms with E-state index in [4.69, 9.17) is 13.2 Å². The van der Waals surface area contributed by atoms with Crippen molar-refractivity contribution in [2.75, 3.05) is 39.5 Å². The van der Waals surface area contributed by atoms with E-state index in [1.807, 2.05) is 0 Å². The second-order valence-electron chi connectivity index (χ2n) is 11.4. The van der Waals surface area contributed by atoms with E-state index in [9.17, 15) is 0 Å². The molecule has 184 valence electrons. The molecule has 7 saturated heterocycles. The Kier molecular flexibility index (Phi) is 3.97. The van der Waals surface area contributed by atoms with Gasteiger partial charge in [-0.15, -0.1) is 0 Å². The van der Waals surface area contributed by atoms with E-state index in [-0.39, 0.29) is 23.7 Å². The molecule has 0 aliphatic carbocycles. The summed E-state index contributed by atoms with van der Waals surface area (Å²) in [6, 6.07) is 0. The summed E-state index contributed by atoms with van der Waals surface area (Å²) in [5.74, 6) is 4.61. The molecule has 7 aliphatic rings. The van der Waals surface area contributed by atoms with Crippen molar-refractivity contribution >= 4 is 0 Å². The van der Waals surface area contributed by atoms with E-state index < -0.39 is 0 Å². The Morgan fingerprint density at radius 3 is 1.35 bits per heavy atom.